The monoisotopic (exact) mass is 305 g/mol. The van der Waals surface area contributed by atoms with Crippen molar-refractivity contribution >= 4 is 6.03 Å². The number of piperazine rings is 1. The van der Waals surface area contributed by atoms with E-state index >= 15 is 0 Å². The summed E-state index contributed by atoms with van der Waals surface area (Å²) in [6.07, 6.45) is 1.64. The van der Waals surface area contributed by atoms with Crippen LogP contribution in [0, 0.1) is 0 Å². The minimum atomic E-state index is -0.307. The Labute approximate surface area is 132 Å². The summed E-state index contributed by atoms with van der Waals surface area (Å²) in [5.74, 6) is 0. The van der Waals surface area contributed by atoms with Gasteiger partial charge in [-0.05, 0) is 25.3 Å². The minimum Gasteiger partial charge on any atom is -0.392 e. The maximum Gasteiger partial charge on any atom is 0.317 e. The van der Waals surface area contributed by atoms with Crippen molar-refractivity contribution in [3.05, 3.63) is 35.9 Å². The van der Waals surface area contributed by atoms with Crippen LogP contribution in [0.15, 0.2) is 30.3 Å². The molecular formula is C17H27N3O2. The largest absolute Gasteiger partial charge is 0.392 e. The van der Waals surface area contributed by atoms with Gasteiger partial charge in [-0.25, -0.2) is 4.79 Å². The van der Waals surface area contributed by atoms with E-state index in [4.69, 9.17) is 0 Å². The standard InChI is InChI=1S/C17H27N3O2/c1-15(21)14-19-10-12-20(13-11-19)17(22)18-9-5-8-16-6-3-2-4-7-16/h2-4,6-7,15,21H,5,8-14H2,1H3,(H,18,22)/t15-/m0/s1. The van der Waals surface area contributed by atoms with Gasteiger partial charge >= 0.3 is 6.03 Å². The predicted octanol–water partition coefficient (Wildman–Crippen LogP) is 1.33. The Balaban J connectivity index is 1.60. The zero-order valence-corrected chi connectivity index (χ0v) is 13.4. The van der Waals surface area contributed by atoms with Gasteiger partial charge in [-0.1, -0.05) is 30.3 Å². The number of benzene rings is 1. The van der Waals surface area contributed by atoms with E-state index in [1.54, 1.807) is 6.92 Å². The molecule has 1 aromatic rings. The second kappa shape index (κ2) is 8.76. The van der Waals surface area contributed by atoms with Gasteiger partial charge in [-0.2, -0.15) is 0 Å². The topological polar surface area (TPSA) is 55.8 Å². The third-order valence-corrected chi connectivity index (χ3v) is 3.94. The Morgan fingerprint density at radius 2 is 1.91 bits per heavy atom. The lowest BCUT2D eigenvalue weighted by molar-refractivity contribution is 0.0898. The number of nitrogens with zero attached hydrogens (tertiary/aromatic N) is 2. The summed E-state index contributed by atoms with van der Waals surface area (Å²) in [6.45, 7) is 6.33. The van der Waals surface area contributed by atoms with Crippen molar-refractivity contribution in [3.8, 4) is 0 Å². The van der Waals surface area contributed by atoms with Crippen LogP contribution in [0.25, 0.3) is 0 Å². The molecule has 1 saturated heterocycles. The number of urea groups is 1. The maximum atomic E-state index is 12.1. The molecule has 1 heterocycles. The fourth-order valence-electron chi connectivity index (χ4n) is 2.75. The third kappa shape index (κ3) is 5.66. The second-order valence-electron chi connectivity index (χ2n) is 5.96. The van der Waals surface area contributed by atoms with Crippen molar-refractivity contribution in [1.82, 2.24) is 15.1 Å². The Kier molecular flexibility index (Phi) is 6.68. The van der Waals surface area contributed by atoms with Crippen molar-refractivity contribution < 1.29 is 9.90 Å². The van der Waals surface area contributed by atoms with Gasteiger partial charge < -0.3 is 15.3 Å². The number of hydrogen-bond acceptors (Lipinski definition) is 3. The summed E-state index contributed by atoms with van der Waals surface area (Å²) >= 11 is 0. The van der Waals surface area contributed by atoms with Crippen molar-refractivity contribution in [2.24, 2.45) is 0 Å². The van der Waals surface area contributed by atoms with Gasteiger partial charge in [0.25, 0.3) is 0 Å². The number of carbonyl (C=O) groups excluding carboxylic acids is 1. The maximum absolute atomic E-state index is 12.1. The van der Waals surface area contributed by atoms with E-state index in [0.717, 1.165) is 39.0 Å². The number of β-amino-alcohol motifs (C(OH)–C–C–N with tert-alkyl or cyclic N) is 1. The van der Waals surface area contributed by atoms with Crippen LogP contribution in [-0.2, 0) is 6.42 Å². The summed E-state index contributed by atoms with van der Waals surface area (Å²) in [4.78, 5) is 16.1. The van der Waals surface area contributed by atoms with Gasteiger partial charge in [-0.3, -0.25) is 4.90 Å². The summed E-state index contributed by atoms with van der Waals surface area (Å²) < 4.78 is 0. The van der Waals surface area contributed by atoms with Crippen LogP contribution in [-0.4, -0.2) is 66.3 Å². The molecule has 2 N–H and O–H groups in total. The molecule has 0 saturated carbocycles. The highest BCUT2D eigenvalue weighted by atomic mass is 16.3. The molecule has 0 bridgehead atoms. The molecule has 5 nitrogen and oxygen atoms in total. The fourth-order valence-corrected chi connectivity index (χ4v) is 2.75. The van der Waals surface area contributed by atoms with E-state index in [0.29, 0.717) is 13.1 Å². The van der Waals surface area contributed by atoms with Gasteiger partial charge in [0.1, 0.15) is 0 Å². The van der Waals surface area contributed by atoms with E-state index in [9.17, 15) is 9.90 Å². The average Bonchev–Trinajstić information content (AvgIpc) is 2.52. The molecular weight excluding hydrogens is 278 g/mol. The average molecular weight is 305 g/mol. The number of carbonyl (C=O) groups is 1. The Morgan fingerprint density at radius 1 is 1.23 bits per heavy atom. The molecule has 2 rings (SSSR count). The fraction of sp³-hybridized carbons (Fsp3) is 0.588. The first kappa shape index (κ1) is 16.8. The lowest BCUT2D eigenvalue weighted by Crippen LogP contribution is -2.52. The molecule has 1 aliphatic rings. The van der Waals surface area contributed by atoms with Crippen LogP contribution in [0.5, 0.6) is 0 Å². The highest BCUT2D eigenvalue weighted by Gasteiger charge is 2.21. The first-order chi connectivity index (χ1) is 10.6. The minimum absolute atomic E-state index is 0.0322. The lowest BCUT2D eigenvalue weighted by Gasteiger charge is -2.35. The molecule has 0 aromatic heterocycles. The van der Waals surface area contributed by atoms with Crippen molar-refractivity contribution in [3.63, 3.8) is 0 Å². The molecule has 1 fully saturated rings. The van der Waals surface area contributed by atoms with E-state index in [2.05, 4.69) is 22.3 Å². The van der Waals surface area contributed by atoms with Gasteiger partial charge in [-0.15, -0.1) is 0 Å². The molecule has 0 spiro atoms. The Bertz CT molecular complexity index is 442. The number of hydrogen-bond donors (Lipinski definition) is 2. The summed E-state index contributed by atoms with van der Waals surface area (Å²) in [5.41, 5.74) is 1.31. The number of rotatable bonds is 6. The lowest BCUT2D eigenvalue weighted by atomic mass is 10.1. The molecule has 5 heteroatoms. The Hall–Kier alpha value is -1.59. The Morgan fingerprint density at radius 3 is 2.55 bits per heavy atom. The smallest absolute Gasteiger partial charge is 0.317 e. The van der Waals surface area contributed by atoms with Crippen molar-refractivity contribution in [1.29, 1.82) is 0 Å². The molecule has 22 heavy (non-hydrogen) atoms. The van der Waals surface area contributed by atoms with Crippen LogP contribution >= 0.6 is 0 Å². The van der Waals surface area contributed by atoms with Crippen molar-refractivity contribution in [2.75, 3.05) is 39.3 Å². The van der Waals surface area contributed by atoms with Crippen LogP contribution in [0.3, 0.4) is 0 Å². The van der Waals surface area contributed by atoms with Gasteiger partial charge in [0, 0.05) is 39.3 Å². The molecule has 0 radical (unpaired) electrons. The zero-order valence-electron chi connectivity index (χ0n) is 13.4. The van der Waals surface area contributed by atoms with E-state index in [1.165, 1.54) is 5.56 Å². The summed E-state index contributed by atoms with van der Waals surface area (Å²) in [7, 11) is 0. The molecule has 122 valence electrons. The van der Waals surface area contributed by atoms with Crippen LogP contribution in [0.1, 0.15) is 18.9 Å². The van der Waals surface area contributed by atoms with Crippen LogP contribution in [0.2, 0.25) is 0 Å². The first-order valence-electron chi connectivity index (χ1n) is 8.12. The number of amides is 2. The summed E-state index contributed by atoms with van der Waals surface area (Å²) in [6, 6.07) is 10.4. The zero-order chi connectivity index (χ0) is 15.8. The molecule has 0 unspecified atom stereocenters. The van der Waals surface area contributed by atoms with Gasteiger partial charge in [0.15, 0.2) is 0 Å². The molecule has 1 aliphatic heterocycles. The molecule has 0 aliphatic carbocycles. The number of aliphatic hydroxyl groups excluding tert-OH is 1. The number of nitrogens with one attached hydrogen (secondary N) is 1. The van der Waals surface area contributed by atoms with Gasteiger partial charge in [0.05, 0.1) is 6.10 Å². The third-order valence-electron chi connectivity index (χ3n) is 3.94. The predicted molar refractivity (Wildman–Crippen MR) is 87.9 cm³/mol. The number of aliphatic hydroxyl groups is 1. The van der Waals surface area contributed by atoms with E-state index < -0.39 is 0 Å². The number of aryl methyl sites for hydroxylation is 1. The summed E-state index contributed by atoms with van der Waals surface area (Å²) in [5, 5.41) is 12.4. The van der Waals surface area contributed by atoms with E-state index in [1.807, 2.05) is 23.1 Å². The normalized spacial score (nSPS) is 17.3. The second-order valence-corrected chi connectivity index (χ2v) is 5.96. The van der Waals surface area contributed by atoms with Crippen LogP contribution in [0.4, 0.5) is 4.79 Å². The highest BCUT2D eigenvalue weighted by Crippen LogP contribution is 2.04. The van der Waals surface area contributed by atoms with E-state index in [-0.39, 0.29) is 12.1 Å². The SMILES string of the molecule is C[C@H](O)CN1CCN(C(=O)NCCCc2ccccc2)CC1. The van der Waals surface area contributed by atoms with Gasteiger partial charge in [0.2, 0.25) is 0 Å². The quantitative estimate of drug-likeness (QED) is 0.780. The molecule has 1 atom stereocenters. The molecule has 2 amide bonds. The molecule has 1 aromatic carbocycles. The van der Waals surface area contributed by atoms with Crippen LogP contribution < -0.4 is 5.32 Å². The highest BCUT2D eigenvalue weighted by molar-refractivity contribution is 5.74. The first-order valence-corrected chi connectivity index (χ1v) is 8.12. The van der Waals surface area contributed by atoms with Crippen molar-refractivity contribution in [2.45, 2.75) is 25.9 Å².